The van der Waals surface area contributed by atoms with Gasteiger partial charge in [0.1, 0.15) is 12.0 Å². The number of aliphatic hydroxyl groups is 1. The van der Waals surface area contributed by atoms with Crippen molar-refractivity contribution in [1.29, 1.82) is 0 Å². The summed E-state index contributed by atoms with van der Waals surface area (Å²) in [6.07, 6.45) is 7.93. The second kappa shape index (κ2) is 4.73. The van der Waals surface area contributed by atoms with Crippen LogP contribution in [0.15, 0.2) is 29.5 Å². The van der Waals surface area contributed by atoms with E-state index >= 15 is 0 Å². The van der Waals surface area contributed by atoms with E-state index in [4.69, 9.17) is 4.42 Å². The molecular formula is C12H14N4O2. The van der Waals surface area contributed by atoms with Gasteiger partial charge in [-0.1, -0.05) is 0 Å². The lowest BCUT2D eigenvalue weighted by Crippen LogP contribution is -2.39. The Morgan fingerprint density at radius 2 is 2.11 bits per heavy atom. The number of hydrogen-bond donors (Lipinski definition) is 1. The second-order valence-corrected chi connectivity index (χ2v) is 4.39. The van der Waals surface area contributed by atoms with Crippen molar-refractivity contribution < 1.29 is 9.52 Å². The zero-order valence-corrected chi connectivity index (χ0v) is 9.86. The first-order chi connectivity index (χ1) is 8.83. The molecule has 6 heteroatoms. The highest BCUT2D eigenvalue weighted by Gasteiger charge is 2.19. The molecule has 0 aromatic carbocycles. The molecule has 0 bridgehead atoms. The van der Waals surface area contributed by atoms with E-state index in [1.165, 1.54) is 6.39 Å². The molecule has 2 aromatic heterocycles. The molecule has 2 aromatic rings. The first kappa shape index (κ1) is 11.2. The molecule has 18 heavy (non-hydrogen) atoms. The number of nitrogens with zero attached hydrogens (tertiary/aromatic N) is 4. The van der Waals surface area contributed by atoms with Gasteiger partial charge in [0.15, 0.2) is 6.39 Å². The number of rotatable bonds is 2. The maximum absolute atomic E-state index is 9.63. The summed E-state index contributed by atoms with van der Waals surface area (Å²) in [7, 11) is 0. The minimum atomic E-state index is -0.280. The summed E-state index contributed by atoms with van der Waals surface area (Å²) >= 11 is 0. The van der Waals surface area contributed by atoms with E-state index in [2.05, 4.69) is 15.0 Å². The van der Waals surface area contributed by atoms with Crippen LogP contribution in [-0.4, -0.2) is 39.3 Å². The highest BCUT2D eigenvalue weighted by molar-refractivity contribution is 5.55. The van der Waals surface area contributed by atoms with Crippen LogP contribution in [0.1, 0.15) is 12.8 Å². The molecule has 1 aliphatic heterocycles. The summed E-state index contributed by atoms with van der Waals surface area (Å²) in [5.74, 6) is 0.654. The van der Waals surface area contributed by atoms with Crippen LogP contribution in [0.25, 0.3) is 11.3 Å². The number of oxazole rings is 1. The van der Waals surface area contributed by atoms with Crippen molar-refractivity contribution in [2.75, 3.05) is 18.0 Å². The van der Waals surface area contributed by atoms with Gasteiger partial charge in [0.05, 0.1) is 6.10 Å². The number of hydrogen-bond acceptors (Lipinski definition) is 6. The molecule has 0 aliphatic carbocycles. The second-order valence-electron chi connectivity index (χ2n) is 4.39. The highest BCUT2D eigenvalue weighted by atomic mass is 16.3. The lowest BCUT2D eigenvalue weighted by atomic mass is 10.1. The normalized spacial score (nSPS) is 20.1. The van der Waals surface area contributed by atoms with E-state index in [9.17, 15) is 5.11 Å². The standard InChI is InChI=1S/C12H14N4O2/c17-10-2-1-3-16(6-10)12-13-4-9(5-14-12)11-7-18-8-15-11/h4-5,7-8,10,17H,1-3,6H2. The number of piperidine rings is 1. The third-order valence-corrected chi connectivity index (χ3v) is 3.05. The zero-order valence-electron chi connectivity index (χ0n) is 9.86. The number of aliphatic hydroxyl groups excluding tert-OH is 1. The topological polar surface area (TPSA) is 75.3 Å². The molecule has 1 aliphatic rings. The molecule has 0 spiro atoms. The molecular weight excluding hydrogens is 232 g/mol. The molecule has 94 valence electrons. The van der Waals surface area contributed by atoms with E-state index in [1.807, 2.05) is 4.90 Å². The molecule has 0 amide bonds. The average Bonchev–Trinajstić information content (AvgIpc) is 2.93. The monoisotopic (exact) mass is 246 g/mol. The van der Waals surface area contributed by atoms with Crippen molar-refractivity contribution in [1.82, 2.24) is 15.0 Å². The van der Waals surface area contributed by atoms with Gasteiger partial charge in [0.2, 0.25) is 5.95 Å². The van der Waals surface area contributed by atoms with E-state index in [1.54, 1.807) is 18.7 Å². The van der Waals surface area contributed by atoms with Gasteiger partial charge in [0, 0.05) is 31.0 Å². The summed E-state index contributed by atoms with van der Waals surface area (Å²) in [4.78, 5) is 14.7. The lowest BCUT2D eigenvalue weighted by Gasteiger charge is -2.29. The van der Waals surface area contributed by atoms with Gasteiger partial charge in [-0.25, -0.2) is 15.0 Å². The zero-order chi connectivity index (χ0) is 12.4. The predicted molar refractivity (Wildman–Crippen MR) is 65.0 cm³/mol. The van der Waals surface area contributed by atoms with Gasteiger partial charge < -0.3 is 14.4 Å². The van der Waals surface area contributed by atoms with E-state index in [0.29, 0.717) is 12.5 Å². The van der Waals surface area contributed by atoms with Crippen molar-refractivity contribution in [3.63, 3.8) is 0 Å². The fourth-order valence-electron chi connectivity index (χ4n) is 2.11. The Balaban J connectivity index is 1.78. The van der Waals surface area contributed by atoms with Crippen molar-refractivity contribution in [3.05, 3.63) is 25.1 Å². The molecule has 1 atom stereocenters. The first-order valence-corrected chi connectivity index (χ1v) is 5.96. The number of β-amino-alcohol motifs (C(OH)–C–C–N with tert-alkyl or cyclic N) is 1. The predicted octanol–water partition coefficient (Wildman–Crippen LogP) is 1.09. The summed E-state index contributed by atoms with van der Waals surface area (Å²) < 4.78 is 4.92. The minimum Gasteiger partial charge on any atom is -0.451 e. The van der Waals surface area contributed by atoms with Crippen LogP contribution in [0, 0.1) is 0 Å². The Morgan fingerprint density at radius 1 is 1.28 bits per heavy atom. The summed E-state index contributed by atoms with van der Waals surface area (Å²) in [5.41, 5.74) is 1.55. The van der Waals surface area contributed by atoms with Crippen LogP contribution in [0.4, 0.5) is 5.95 Å². The Labute approximate surface area is 104 Å². The van der Waals surface area contributed by atoms with Crippen LogP contribution < -0.4 is 4.90 Å². The molecule has 1 fully saturated rings. The van der Waals surface area contributed by atoms with Crippen LogP contribution in [0.2, 0.25) is 0 Å². The Hall–Kier alpha value is -1.95. The van der Waals surface area contributed by atoms with E-state index in [-0.39, 0.29) is 6.10 Å². The van der Waals surface area contributed by atoms with Crippen molar-refractivity contribution in [2.45, 2.75) is 18.9 Å². The molecule has 6 nitrogen and oxygen atoms in total. The fourth-order valence-corrected chi connectivity index (χ4v) is 2.11. The third kappa shape index (κ3) is 2.19. The van der Waals surface area contributed by atoms with Crippen molar-refractivity contribution in [3.8, 4) is 11.3 Å². The third-order valence-electron chi connectivity index (χ3n) is 3.05. The Bertz CT molecular complexity index is 497. The molecule has 0 radical (unpaired) electrons. The molecule has 1 saturated heterocycles. The van der Waals surface area contributed by atoms with Crippen LogP contribution >= 0.6 is 0 Å². The minimum absolute atomic E-state index is 0.280. The molecule has 1 unspecified atom stereocenters. The summed E-state index contributed by atoms with van der Waals surface area (Å²) in [6.45, 7) is 1.49. The Kier molecular flexibility index (Phi) is 2.93. The fraction of sp³-hybridized carbons (Fsp3) is 0.417. The first-order valence-electron chi connectivity index (χ1n) is 5.96. The maximum atomic E-state index is 9.63. The lowest BCUT2D eigenvalue weighted by molar-refractivity contribution is 0.153. The summed E-state index contributed by atoms with van der Waals surface area (Å²) in [6, 6.07) is 0. The van der Waals surface area contributed by atoms with Gasteiger partial charge in [0.25, 0.3) is 0 Å². The van der Waals surface area contributed by atoms with E-state index in [0.717, 1.165) is 30.6 Å². The Morgan fingerprint density at radius 3 is 2.78 bits per heavy atom. The van der Waals surface area contributed by atoms with Gasteiger partial charge in [-0.3, -0.25) is 0 Å². The molecule has 0 saturated carbocycles. The average molecular weight is 246 g/mol. The number of anilines is 1. The van der Waals surface area contributed by atoms with E-state index < -0.39 is 0 Å². The highest BCUT2D eigenvalue weighted by Crippen LogP contribution is 2.19. The van der Waals surface area contributed by atoms with Crippen molar-refractivity contribution in [2.24, 2.45) is 0 Å². The molecule has 3 heterocycles. The largest absolute Gasteiger partial charge is 0.451 e. The van der Waals surface area contributed by atoms with Gasteiger partial charge in [-0.05, 0) is 12.8 Å². The van der Waals surface area contributed by atoms with Crippen LogP contribution in [0.5, 0.6) is 0 Å². The van der Waals surface area contributed by atoms with Crippen molar-refractivity contribution >= 4 is 5.95 Å². The van der Waals surface area contributed by atoms with Gasteiger partial charge in [-0.2, -0.15) is 0 Å². The van der Waals surface area contributed by atoms with Gasteiger partial charge >= 0.3 is 0 Å². The smallest absolute Gasteiger partial charge is 0.225 e. The van der Waals surface area contributed by atoms with Crippen LogP contribution in [0.3, 0.4) is 0 Å². The summed E-state index contributed by atoms with van der Waals surface area (Å²) in [5, 5.41) is 9.63. The number of aromatic nitrogens is 3. The molecule has 1 N–H and O–H groups in total. The maximum Gasteiger partial charge on any atom is 0.225 e. The SMILES string of the molecule is OC1CCCN(c2ncc(-c3cocn3)cn2)C1. The quantitative estimate of drug-likeness (QED) is 0.855. The van der Waals surface area contributed by atoms with Gasteiger partial charge in [-0.15, -0.1) is 0 Å². The molecule has 3 rings (SSSR count). The van der Waals surface area contributed by atoms with Crippen LogP contribution in [-0.2, 0) is 0 Å².